The molecule has 0 spiro atoms. The molecule has 0 aliphatic rings. The van der Waals surface area contributed by atoms with Gasteiger partial charge in [-0.3, -0.25) is 0 Å². The summed E-state index contributed by atoms with van der Waals surface area (Å²) in [6.07, 6.45) is 4.08. The second-order valence-corrected chi connectivity index (χ2v) is 10.0. The summed E-state index contributed by atoms with van der Waals surface area (Å²) < 4.78 is 30.1. The van der Waals surface area contributed by atoms with Gasteiger partial charge < -0.3 is 9.47 Å². The molecule has 0 saturated heterocycles. The largest absolute Gasteiger partial charge is 0.350 e. The maximum absolute atomic E-state index is 14.1. The molecule has 0 bridgehead atoms. The second-order valence-electron chi connectivity index (χ2n) is 7.99. The summed E-state index contributed by atoms with van der Waals surface area (Å²) >= 11 is 0. The third-order valence-electron chi connectivity index (χ3n) is 5.63. The van der Waals surface area contributed by atoms with E-state index < -0.39 is 15.2 Å². The van der Waals surface area contributed by atoms with Gasteiger partial charge in [0, 0.05) is 18.8 Å². The van der Waals surface area contributed by atoms with Gasteiger partial charge in [0.1, 0.15) is 0 Å². The Hall–Kier alpha value is -3.89. The number of hydrogen-bond acceptors (Lipinski definition) is 5. The van der Waals surface area contributed by atoms with Crippen molar-refractivity contribution in [2.75, 3.05) is 11.4 Å². The summed E-state index contributed by atoms with van der Waals surface area (Å²) in [7, 11) is -3.80. The molecule has 1 unspecified atom stereocenters. The molecule has 0 N–H and O–H groups in total. The highest BCUT2D eigenvalue weighted by atomic mass is 32.2. The number of anilines is 1. The molecule has 4 aromatic rings. The number of nitrogens with zero attached hydrogens (tertiary/aromatic N) is 4. The zero-order valence-electron chi connectivity index (χ0n) is 18.9. The summed E-state index contributed by atoms with van der Waals surface area (Å²) in [6.45, 7) is 3.04. The van der Waals surface area contributed by atoms with Crippen LogP contribution in [0.1, 0.15) is 35.5 Å². The van der Waals surface area contributed by atoms with Crippen LogP contribution in [0.2, 0.25) is 0 Å². The molecule has 0 radical (unpaired) electrons. The third-order valence-corrected chi connectivity index (χ3v) is 7.65. The molecule has 1 aromatic heterocycles. The number of hydrogen-bond donors (Lipinski definition) is 0. The summed E-state index contributed by atoms with van der Waals surface area (Å²) in [4.78, 5) is 6.54. The molecule has 0 aliphatic heterocycles. The number of sulfone groups is 1. The van der Waals surface area contributed by atoms with E-state index in [-0.39, 0.29) is 4.90 Å². The normalized spacial score (nSPS) is 12.1. The molecular formula is C27H26N4O2S. The molecule has 4 rings (SSSR count). The number of benzene rings is 3. The van der Waals surface area contributed by atoms with Crippen molar-refractivity contribution < 1.29 is 8.42 Å². The minimum atomic E-state index is -3.80. The Labute approximate surface area is 200 Å². The van der Waals surface area contributed by atoms with Crippen LogP contribution < -0.4 is 4.90 Å². The number of para-hydroxylation sites is 1. The van der Waals surface area contributed by atoms with E-state index in [1.807, 2.05) is 64.9 Å². The average Bonchev–Trinajstić information content (AvgIpc) is 3.32. The Morgan fingerprint density at radius 1 is 0.971 bits per heavy atom. The lowest BCUT2D eigenvalue weighted by atomic mass is 10.1. The Bertz CT molecular complexity index is 1360. The van der Waals surface area contributed by atoms with Gasteiger partial charge in [0.2, 0.25) is 9.84 Å². The van der Waals surface area contributed by atoms with Crippen molar-refractivity contribution in [3.63, 3.8) is 0 Å². The summed E-state index contributed by atoms with van der Waals surface area (Å²) in [5, 5.41) is 8.12. The van der Waals surface area contributed by atoms with Gasteiger partial charge in [-0.05, 0) is 48.4 Å². The van der Waals surface area contributed by atoms with Crippen LogP contribution in [0, 0.1) is 11.3 Å². The predicted octanol–water partition coefficient (Wildman–Crippen LogP) is 5.19. The van der Waals surface area contributed by atoms with Gasteiger partial charge in [-0.25, -0.2) is 13.4 Å². The summed E-state index contributed by atoms with van der Waals surface area (Å²) in [5.41, 5.74) is 2.96. The number of rotatable bonds is 9. The number of nitriles is 1. The molecule has 0 fully saturated rings. The molecular weight excluding hydrogens is 444 g/mol. The van der Waals surface area contributed by atoms with E-state index in [1.165, 1.54) is 0 Å². The molecule has 7 heteroatoms. The zero-order chi connectivity index (χ0) is 24.0. The van der Waals surface area contributed by atoms with Crippen LogP contribution in [0.5, 0.6) is 0 Å². The molecule has 3 aromatic carbocycles. The van der Waals surface area contributed by atoms with Crippen LogP contribution in [-0.4, -0.2) is 24.5 Å². The van der Waals surface area contributed by atoms with E-state index in [0.29, 0.717) is 24.3 Å². The van der Waals surface area contributed by atoms with Gasteiger partial charge >= 0.3 is 0 Å². The maximum atomic E-state index is 14.1. The SMILES string of the molecule is CCCN(c1ccccc1)C(c1cncn1Cc1ccc(C#N)cc1)S(=O)(=O)c1ccccc1. The van der Waals surface area contributed by atoms with E-state index in [9.17, 15) is 8.42 Å². The molecule has 6 nitrogen and oxygen atoms in total. The highest BCUT2D eigenvalue weighted by Gasteiger charge is 2.36. The quantitative estimate of drug-likeness (QED) is 0.336. The van der Waals surface area contributed by atoms with Gasteiger partial charge in [-0.15, -0.1) is 0 Å². The maximum Gasteiger partial charge on any atom is 0.205 e. The van der Waals surface area contributed by atoms with Crippen molar-refractivity contribution in [3.8, 4) is 6.07 Å². The van der Waals surface area contributed by atoms with E-state index in [0.717, 1.165) is 17.7 Å². The molecule has 172 valence electrons. The topological polar surface area (TPSA) is 79.0 Å². The van der Waals surface area contributed by atoms with Crippen LogP contribution >= 0.6 is 0 Å². The van der Waals surface area contributed by atoms with Crippen molar-refractivity contribution in [1.29, 1.82) is 5.26 Å². The van der Waals surface area contributed by atoms with Gasteiger partial charge in [-0.2, -0.15) is 5.26 Å². The Balaban J connectivity index is 1.84. The average molecular weight is 471 g/mol. The lowest BCUT2D eigenvalue weighted by Crippen LogP contribution is -2.36. The second kappa shape index (κ2) is 10.4. The Morgan fingerprint density at radius 3 is 2.24 bits per heavy atom. The first-order chi connectivity index (χ1) is 16.5. The van der Waals surface area contributed by atoms with Crippen molar-refractivity contribution in [3.05, 3.63) is 114 Å². The van der Waals surface area contributed by atoms with Crippen LogP contribution in [0.25, 0.3) is 0 Å². The van der Waals surface area contributed by atoms with Gasteiger partial charge in [0.15, 0.2) is 5.37 Å². The lowest BCUT2D eigenvalue weighted by molar-refractivity contribution is 0.564. The monoisotopic (exact) mass is 470 g/mol. The zero-order valence-corrected chi connectivity index (χ0v) is 19.8. The van der Waals surface area contributed by atoms with Crippen molar-refractivity contribution >= 4 is 15.5 Å². The minimum Gasteiger partial charge on any atom is -0.350 e. The van der Waals surface area contributed by atoms with Gasteiger partial charge in [-0.1, -0.05) is 55.5 Å². The molecule has 1 atom stereocenters. The Morgan fingerprint density at radius 2 is 1.62 bits per heavy atom. The minimum absolute atomic E-state index is 0.267. The lowest BCUT2D eigenvalue weighted by Gasteiger charge is -2.33. The molecule has 0 amide bonds. The predicted molar refractivity (Wildman–Crippen MR) is 133 cm³/mol. The van der Waals surface area contributed by atoms with E-state index in [2.05, 4.69) is 11.1 Å². The highest BCUT2D eigenvalue weighted by molar-refractivity contribution is 7.91. The van der Waals surface area contributed by atoms with E-state index in [4.69, 9.17) is 5.26 Å². The third kappa shape index (κ3) is 4.87. The molecule has 0 aliphatic carbocycles. The van der Waals surface area contributed by atoms with E-state index in [1.54, 1.807) is 48.9 Å². The molecule has 0 saturated carbocycles. The standard InChI is InChI=1S/C27H26N4O2S/c1-2-17-31(24-9-5-3-6-10-24)27(34(32,33)25-11-7-4-8-12-25)26-19-29-21-30(26)20-23-15-13-22(18-28)14-16-23/h3-16,19,21,27H,2,17,20H2,1H3. The van der Waals surface area contributed by atoms with Crippen molar-refractivity contribution in [2.45, 2.75) is 30.2 Å². The van der Waals surface area contributed by atoms with Gasteiger partial charge in [0.25, 0.3) is 0 Å². The first kappa shape index (κ1) is 23.3. The van der Waals surface area contributed by atoms with Crippen molar-refractivity contribution in [1.82, 2.24) is 9.55 Å². The van der Waals surface area contributed by atoms with Gasteiger partial charge in [0.05, 0.1) is 34.7 Å². The number of aromatic nitrogens is 2. The highest BCUT2D eigenvalue weighted by Crippen LogP contribution is 2.36. The van der Waals surface area contributed by atoms with E-state index >= 15 is 0 Å². The van der Waals surface area contributed by atoms with Crippen LogP contribution in [0.15, 0.2) is 102 Å². The summed E-state index contributed by atoms with van der Waals surface area (Å²) in [6, 6.07) is 27.6. The fourth-order valence-corrected chi connectivity index (χ4v) is 5.89. The first-order valence-electron chi connectivity index (χ1n) is 11.1. The molecule has 34 heavy (non-hydrogen) atoms. The fourth-order valence-electron chi connectivity index (χ4n) is 4.02. The first-order valence-corrected chi connectivity index (χ1v) is 12.7. The molecule has 1 heterocycles. The van der Waals surface area contributed by atoms with Crippen LogP contribution in [0.4, 0.5) is 5.69 Å². The van der Waals surface area contributed by atoms with Crippen LogP contribution in [-0.2, 0) is 16.4 Å². The van der Waals surface area contributed by atoms with Crippen LogP contribution in [0.3, 0.4) is 0 Å². The number of imidazole rings is 1. The van der Waals surface area contributed by atoms with Crippen molar-refractivity contribution in [2.24, 2.45) is 0 Å². The smallest absolute Gasteiger partial charge is 0.205 e. The summed E-state index contributed by atoms with van der Waals surface area (Å²) in [5.74, 6) is 0. The Kier molecular flexibility index (Phi) is 7.09. The fraction of sp³-hybridized carbons (Fsp3) is 0.185.